The van der Waals surface area contributed by atoms with Crippen molar-refractivity contribution in [1.29, 1.82) is 0 Å². The summed E-state index contributed by atoms with van der Waals surface area (Å²) in [7, 11) is 0. The Hall–Kier alpha value is -0.340. The summed E-state index contributed by atoms with van der Waals surface area (Å²) in [5.74, 6) is 0.803. The molecule has 0 bridgehead atoms. The number of rotatable bonds is 1. The van der Waals surface area contributed by atoms with Crippen molar-refractivity contribution in [2.24, 2.45) is 5.92 Å². The van der Waals surface area contributed by atoms with Crippen LogP contribution in [0.15, 0.2) is 28.7 Å². The molecule has 1 N–H and O–H groups in total. The lowest BCUT2D eigenvalue weighted by Crippen LogP contribution is -2.13. The lowest BCUT2D eigenvalue weighted by molar-refractivity contribution is 0.610. The van der Waals surface area contributed by atoms with Crippen LogP contribution in [0.5, 0.6) is 0 Å². The fourth-order valence-electron chi connectivity index (χ4n) is 1.91. The van der Waals surface area contributed by atoms with Gasteiger partial charge in [0.25, 0.3) is 0 Å². The Morgan fingerprint density at radius 1 is 1.38 bits per heavy atom. The van der Waals surface area contributed by atoms with Gasteiger partial charge in [0.1, 0.15) is 0 Å². The predicted molar refractivity (Wildman–Crippen MR) is 58.7 cm³/mol. The summed E-state index contributed by atoms with van der Waals surface area (Å²) in [5, 5.41) is 3.53. The van der Waals surface area contributed by atoms with Crippen LogP contribution in [-0.4, -0.2) is 6.54 Å². The van der Waals surface area contributed by atoms with Crippen LogP contribution < -0.4 is 5.32 Å². The molecule has 1 fully saturated rings. The van der Waals surface area contributed by atoms with E-state index in [4.69, 9.17) is 0 Å². The summed E-state index contributed by atoms with van der Waals surface area (Å²) >= 11 is 3.59. The highest BCUT2D eigenvalue weighted by Gasteiger charge is 2.22. The summed E-state index contributed by atoms with van der Waals surface area (Å²) < 4.78 is 1.22. The molecule has 70 valence electrons. The third kappa shape index (κ3) is 1.94. The van der Waals surface area contributed by atoms with E-state index in [1.807, 2.05) is 0 Å². The van der Waals surface area contributed by atoms with Crippen molar-refractivity contribution < 1.29 is 0 Å². The van der Waals surface area contributed by atoms with Crippen LogP contribution in [0, 0.1) is 5.92 Å². The maximum absolute atomic E-state index is 3.59. The smallest absolute Gasteiger partial charge is 0.0334 e. The van der Waals surface area contributed by atoms with Gasteiger partial charge >= 0.3 is 0 Å². The zero-order valence-electron chi connectivity index (χ0n) is 7.76. The van der Waals surface area contributed by atoms with Gasteiger partial charge in [-0.15, -0.1) is 0 Å². The van der Waals surface area contributed by atoms with Crippen molar-refractivity contribution in [1.82, 2.24) is 5.32 Å². The summed E-state index contributed by atoms with van der Waals surface area (Å²) in [5.41, 5.74) is 1.40. The van der Waals surface area contributed by atoms with E-state index in [-0.39, 0.29) is 0 Å². The average molecular weight is 240 g/mol. The molecule has 0 radical (unpaired) electrons. The summed E-state index contributed by atoms with van der Waals surface area (Å²) in [6.45, 7) is 3.44. The lowest BCUT2D eigenvalue weighted by atomic mass is 10.0. The lowest BCUT2D eigenvalue weighted by Gasteiger charge is -2.12. The molecule has 2 heteroatoms. The third-order valence-corrected chi connectivity index (χ3v) is 3.35. The number of nitrogens with one attached hydrogen (secondary N) is 1. The fourth-order valence-corrected chi connectivity index (χ4v) is 2.47. The first-order valence-corrected chi connectivity index (χ1v) is 5.54. The topological polar surface area (TPSA) is 12.0 Å². The molecule has 13 heavy (non-hydrogen) atoms. The van der Waals surface area contributed by atoms with Gasteiger partial charge in [0.05, 0.1) is 0 Å². The fraction of sp³-hybridized carbons (Fsp3) is 0.455. The van der Waals surface area contributed by atoms with Crippen LogP contribution in [0.3, 0.4) is 0 Å². The molecule has 0 aromatic heterocycles. The van der Waals surface area contributed by atoms with E-state index >= 15 is 0 Å². The minimum Gasteiger partial charge on any atom is -0.310 e. The van der Waals surface area contributed by atoms with Crippen molar-refractivity contribution in [2.75, 3.05) is 6.54 Å². The Bertz CT molecular complexity index is 298. The van der Waals surface area contributed by atoms with Gasteiger partial charge in [-0.1, -0.05) is 41.1 Å². The van der Waals surface area contributed by atoms with Crippen molar-refractivity contribution in [3.8, 4) is 0 Å². The molecule has 1 saturated heterocycles. The number of hydrogen-bond acceptors (Lipinski definition) is 1. The van der Waals surface area contributed by atoms with Crippen molar-refractivity contribution >= 4 is 15.9 Å². The third-order valence-electron chi connectivity index (χ3n) is 2.63. The van der Waals surface area contributed by atoms with E-state index in [9.17, 15) is 0 Å². The second-order valence-corrected chi connectivity index (χ2v) is 4.68. The van der Waals surface area contributed by atoms with Crippen LogP contribution in [-0.2, 0) is 0 Å². The Labute approximate surface area is 87.7 Å². The molecule has 1 aliphatic heterocycles. The molecule has 1 heterocycles. The number of hydrogen-bond donors (Lipinski definition) is 1. The number of halogens is 1. The first-order valence-electron chi connectivity index (χ1n) is 4.75. The molecule has 1 aromatic carbocycles. The number of benzene rings is 1. The summed E-state index contributed by atoms with van der Waals surface area (Å²) in [6, 6.07) is 9.02. The van der Waals surface area contributed by atoms with Crippen molar-refractivity contribution in [3.05, 3.63) is 34.3 Å². The first-order chi connectivity index (χ1) is 6.27. The van der Waals surface area contributed by atoms with Crippen LogP contribution in [0.1, 0.15) is 24.9 Å². The Morgan fingerprint density at radius 3 is 2.77 bits per heavy atom. The molecule has 1 aliphatic rings. The van der Waals surface area contributed by atoms with Gasteiger partial charge in [-0.05, 0) is 30.5 Å². The standard InChI is InChI=1S/C11H14BrN/c1-8-6-11(13-7-8)9-4-2-3-5-10(9)12/h2-5,8,11,13H,6-7H2,1H3/t8-,11+/m1/s1. The molecule has 0 aliphatic carbocycles. The molecule has 0 spiro atoms. The normalized spacial score (nSPS) is 27.8. The summed E-state index contributed by atoms with van der Waals surface area (Å²) in [4.78, 5) is 0. The second kappa shape index (κ2) is 3.81. The van der Waals surface area contributed by atoms with E-state index in [1.165, 1.54) is 16.5 Å². The van der Waals surface area contributed by atoms with E-state index in [0.717, 1.165) is 12.5 Å². The van der Waals surface area contributed by atoms with Crippen molar-refractivity contribution in [3.63, 3.8) is 0 Å². The second-order valence-electron chi connectivity index (χ2n) is 3.82. The van der Waals surface area contributed by atoms with Crippen LogP contribution in [0.2, 0.25) is 0 Å². The van der Waals surface area contributed by atoms with Crippen LogP contribution in [0.25, 0.3) is 0 Å². The zero-order chi connectivity index (χ0) is 9.26. The van der Waals surface area contributed by atoms with Gasteiger partial charge in [0, 0.05) is 10.5 Å². The van der Waals surface area contributed by atoms with Crippen LogP contribution >= 0.6 is 15.9 Å². The predicted octanol–water partition coefficient (Wildman–Crippen LogP) is 3.12. The highest BCUT2D eigenvalue weighted by Crippen LogP contribution is 2.31. The van der Waals surface area contributed by atoms with E-state index in [0.29, 0.717) is 6.04 Å². The largest absolute Gasteiger partial charge is 0.310 e. The minimum absolute atomic E-state index is 0.547. The zero-order valence-corrected chi connectivity index (χ0v) is 9.34. The Kier molecular flexibility index (Phi) is 2.70. The molecule has 0 amide bonds. The SMILES string of the molecule is C[C@H]1CN[C@H](c2ccccc2Br)C1. The maximum Gasteiger partial charge on any atom is 0.0334 e. The highest BCUT2D eigenvalue weighted by atomic mass is 79.9. The first kappa shape index (κ1) is 9.22. The molecule has 0 unspecified atom stereocenters. The molecule has 2 atom stereocenters. The monoisotopic (exact) mass is 239 g/mol. The van der Waals surface area contributed by atoms with E-state index in [1.54, 1.807) is 0 Å². The molecular formula is C11H14BrN. The molecule has 2 rings (SSSR count). The highest BCUT2D eigenvalue weighted by molar-refractivity contribution is 9.10. The average Bonchev–Trinajstić information content (AvgIpc) is 2.53. The minimum atomic E-state index is 0.547. The molecule has 1 nitrogen and oxygen atoms in total. The Balaban J connectivity index is 2.21. The van der Waals surface area contributed by atoms with Gasteiger partial charge in [0.2, 0.25) is 0 Å². The van der Waals surface area contributed by atoms with Gasteiger partial charge in [-0.25, -0.2) is 0 Å². The molecule has 1 aromatic rings. The van der Waals surface area contributed by atoms with Gasteiger partial charge < -0.3 is 5.32 Å². The van der Waals surface area contributed by atoms with Gasteiger partial charge in [-0.3, -0.25) is 0 Å². The Morgan fingerprint density at radius 2 is 2.15 bits per heavy atom. The van der Waals surface area contributed by atoms with Crippen molar-refractivity contribution in [2.45, 2.75) is 19.4 Å². The van der Waals surface area contributed by atoms with E-state index < -0.39 is 0 Å². The summed E-state index contributed by atoms with van der Waals surface area (Å²) in [6.07, 6.45) is 1.25. The van der Waals surface area contributed by atoms with Gasteiger partial charge in [0.15, 0.2) is 0 Å². The van der Waals surface area contributed by atoms with E-state index in [2.05, 4.69) is 52.4 Å². The van der Waals surface area contributed by atoms with Crippen LogP contribution in [0.4, 0.5) is 0 Å². The molecular weight excluding hydrogens is 226 g/mol. The molecule has 0 saturated carbocycles. The van der Waals surface area contributed by atoms with Gasteiger partial charge in [-0.2, -0.15) is 0 Å². The quantitative estimate of drug-likeness (QED) is 0.795. The maximum atomic E-state index is 3.59.